The SMILES string of the molecule is CN(Cc1ccc2c(c1)OCCO2)C(=S)Nc1ccccc1F. The number of hydrogen-bond donors (Lipinski definition) is 1. The molecule has 2 aromatic rings. The molecule has 0 aromatic heterocycles. The summed E-state index contributed by atoms with van der Waals surface area (Å²) in [6.07, 6.45) is 0. The summed E-state index contributed by atoms with van der Waals surface area (Å²) in [5.74, 6) is 1.17. The Bertz CT molecular complexity index is 723. The summed E-state index contributed by atoms with van der Waals surface area (Å²) in [5, 5.41) is 3.37. The molecular weight excluding hydrogens is 315 g/mol. The second-order valence-corrected chi connectivity index (χ2v) is 5.63. The zero-order valence-electron chi connectivity index (χ0n) is 12.7. The van der Waals surface area contributed by atoms with Crippen molar-refractivity contribution in [3.63, 3.8) is 0 Å². The maximum atomic E-state index is 13.7. The van der Waals surface area contributed by atoms with Crippen molar-refractivity contribution in [1.82, 2.24) is 4.90 Å². The fourth-order valence-corrected chi connectivity index (χ4v) is 2.48. The van der Waals surface area contributed by atoms with Crippen LogP contribution < -0.4 is 14.8 Å². The van der Waals surface area contributed by atoms with Gasteiger partial charge >= 0.3 is 0 Å². The van der Waals surface area contributed by atoms with Crippen LogP contribution in [0.5, 0.6) is 11.5 Å². The molecule has 2 aromatic carbocycles. The van der Waals surface area contributed by atoms with Gasteiger partial charge in [0.2, 0.25) is 0 Å². The first kappa shape index (κ1) is 15.6. The normalized spacial score (nSPS) is 12.6. The Balaban J connectivity index is 1.65. The van der Waals surface area contributed by atoms with Gasteiger partial charge in [-0.3, -0.25) is 0 Å². The summed E-state index contributed by atoms with van der Waals surface area (Å²) in [6.45, 7) is 1.71. The van der Waals surface area contributed by atoms with Crippen LogP contribution in [0.15, 0.2) is 42.5 Å². The van der Waals surface area contributed by atoms with Crippen molar-refractivity contribution >= 4 is 23.0 Å². The molecule has 4 nitrogen and oxygen atoms in total. The second-order valence-electron chi connectivity index (χ2n) is 5.24. The van der Waals surface area contributed by atoms with Crippen LogP contribution in [0.25, 0.3) is 0 Å². The Morgan fingerprint density at radius 3 is 2.70 bits per heavy atom. The topological polar surface area (TPSA) is 33.7 Å². The highest BCUT2D eigenvalue weighted by Gasteiger charge is 2.13. The van der Waals surface area contributed by atoms with Crippen molar-refractivity contribution < 1.29 is 13.9 Å². The number of thiocarbonyl (C=S) groups is 1. The molecule has 0 atom stereocenters. The van der Waals surface area contributed by atoms with Gasteiger partial charge in [0.05, 0.1) is 5.69 Å². The molecule has 0 bridgehead atoms. The van der Waals surface area contributed by atoms with Crippen LogP contribution in [-0.4, -0.2) is 30.3 Å². The Labute approximate surface area is 139 Å². The molecule has 1 N–H and O–H groups in total. The number of fused-ring (bicyclic) bond motifs is 1. The summed E-state index contributed by atoms with van der Waals surface area (Å²) < 4.78 is 24.7. The molecule has 3 rings (SSSR count). The Kier molecular flexibility index (Phi) is 4.62. The average Bonchev–Trinajstić information content (AvgIpc) is 2.56. The van der Waals surface area contributed by atoms with E-state index in [2.05, 4.69) is 5.32 Å². The molecule has 6 heteroatoms. The number of nitrogens with one attached hydrogen (secondary N) is 1. The van der Waals surface area contributed by atoms with Crippen LogP contribution in [0.2, 0.25) is 0 Å². The van der Waals surface area contributed by atoms with E-state index in [4.69, 9.17) is 21.7 Å². The molecule has 0 unspecified atom stereocenters. The van der Waals surface area contributed by atoms with E-state index in [0.29, 0.717) is 30.6 Å². The van der Waals surface area contributed by atoms with E-state index in [-0.39, 0.29) is 5.82 Å². The molecule has 120 valence electrons. The first-order chi connectivity index (χ1) is 11.1. The minimum absolute atomic E-state index is 0.331. The molecule has 0 aliphatic carbocycles. The van der Waals surface area contributed by atoms with Gasteiger partial charge in [0.1, 0.15) is 19.0 Å². The molecule has 0 saturated carbocycles. The first-order valence-corrected chi connectivity index (χ1v) is 7.69. The van der Waals surface area contributed by atoms with Crippen molar-refractivity contribution in [2.24, 2.45) is 0 Å². The third-order valence-electron chi connectivity index (χ3n) is 3.49. The number of para-hydroxylation sites is 1. The number of halogens is 1. The standard InChI is InChI=1S/C17H17FN2O2S/c1-20(17(23)19-14-5-3-2-4-13(14)18)11-12-6-7-15-16(10-12)22-9-8-21-15/h2-7,10H,8-9,11H2,1H3,(H,19,23). The fraction of sp³-hybridized carbons (Fsp3) is 0.235. The number of rotatable bonds is 3. The molecular formula is C17H17FN2O2S. The maximum Gasteiger partial charge on any atom is 0.173 e. The maximum absolute atomic E-state index is 13.7. The lowest BCUT2D eigenvalue weighted by Gasteiger charge is -2.23. The van der Waals surface area contributed by atoms with Crippen molar-refractivity contribution in [3.05, 3.63) is 53.8 Å². The minimum Gasteiger partial charge on any atom is -0.486 e. The van der Waals surface area contributed by atoms with E-state index >= 15 is 0 Å². The van der Waals surface area contributed by atoms with Crippen molar-refractivity contribution in [2.75, 3.05) is 25.6 Å². The zero-order chi connectivity index (χ0) is 16.2. The highest BCUT2D eigenvalue weighted by Crippen LogP contribution is 2.31. The summed E-state index contributed by atoms with van der Waals surface area (Å²) in [7, 11) is 1.85. The Morgan fingerprint density at radius 2 is 1.91 bits per heavy atom. The van der Waals surface area contributed by atoms with Gasteiger partial charge in [-0.15, -0.1) is 0 Å². The van der Waals surface area contributed by atoms with E-state index in [9.17, 15) is 4.39 Å². The smallest absolute Gasteiger partial charge is 0.173 e. The predicted octanol–water partition coefficient (Wildman–Crippen LogP) is 3.43. The van der Waals surface area contributed by atoms with E-state index < -0.39 is 0 Å². The van der Waals surface area contributed by atoms with Gasteiger partial charge in [0, 0.05) is 13.6 Å². The molecule has 1 aliphatic heterocycles. The lowest BCUT2D eigenvalue weighted by molar-refractivity contribution is 0.171. The van der Waals surface area contributed by atoms with Crippen LogP contribution >= 0.6 is 12.2 Å². The minimum atomic E-state index is -0.331. The number of hydrogen-bond acceptors (Lipinski definition) is 3. The quantitative estimate of drug-likeness (QED) is 0.871. The Morgan fingerprint density at radius 1 is 1.17 bits per heavy atom. The number of benzene rings is 2. The monoisotopic (exact) mass is 332 g/mol. The van der Waals surface area contributed by atoms with Gasteiger partial charge in [-0.1, -0.05) is 18.2 Å². The van der Waals surface area contributed by atoms with E-state index in [1.807, 2.05) is 30.1 Å². The van der Waals surface area contributed by atoms with E-state index in [1.54, 1.807) is 18.2 Å². The molecule has 0 amide bonds. The van der Waals surface area contributed by atoms with Gasteiger partial charge in [0.25, 0.3) is 0 Å². The van der Waals surface area contributed by atoms with Crippen LogP contribution in [0, 0.1) is 5.82 Å². The molecule has 0 fully saturated rings. The van der Waals surface area contributed by atoms with Gasteiger partial charge in [0.15, 0.2) is 16.6 Å². The summed E-state index contributed by atoms with van der Waals surface area (Å²) in [6, 6.07) is 12.3. The molecule has 1 aliphatic rings. The van der Waals surface area contributed by atoms with Gasteiger partial charge in [-0.25, -0.2) is 4.39 Å². The van der Waals surface area contributed by atoms with Gasteiger partial charge in [-0.05, 0) is 42.0 Å². The third kappa shape index (κ3) is 3.71. The number of anilines is 1. The van der Waals surface area contributed by atoms with Crippen molar-refractivity contribution in [1.29, 1.82) is 0 Å². The molecule has 1 heterocycles. The number of nitrogens with zero attached hydrogens (tertiary/aromatic N) is 1. The average molecular weight is 332 g/mol. The summed E-state index contributed by atoms with van der Waals surface area (Å²) in [4.78, 5) is 1.84. The number of ether oxygens (including phenoxy) is 2. The second kappa shape index (κ2) is 6.83. The van der Waals surface area contributed by atoms with Crippen LogP contribution in [0.3, 0.4) is 0 Å². The fourth-order valence-electron chi connectivity index (χ4n) is 2.30. The van der Waals surface area contributed by atoms with Crippen LogP contribution in [0.4, 0.5) is 10.1 Å². The largest absolute Gasteiger partial charge is 0.486 e. The summed E-state index contributed by atoms with van der Waals surface area (Å²) >= 11 is 5.33. The zero-order valence-corrected chi connectivity index (χ0v) is 13.5. The van der Waals surface area contributed by atoms with Gasteiger partial charge in [-0.2, -0.15) is 0 Å². The first-order valence-electron chi connectivity index (χ1n) is 7.28. The predicted molar refractivity (Wildman–Crippen MR) is 91.5 cm³/mol. The molecule has 0 spiro atoms. The highest BCUT2D eigenvalue weighted by molar-refractivity contribution is 7.80. The third-order valence-corrected chi connectivity index (χ3v) is 3.90. The van der Waals surface area contributed by atoms with Crippen molar-refractivity contribution in [3.8, 4) is 11.5 Å². The van der Waals surface area contributed by atoms with Gasteiger partial charge < -0.3 is 19.7 Å². The molecule has 0 radical (unpaired) electrons. The lowest BCUT2D eigenvalue weighted by Crippen LogP contribution is -2.31. The van der Waals surface area contributed by atoms with Crippen LogP contribution in [0.1, 0.15) is 5.56 Å². The molecule has 0 saturated heterocycles. The summed E-state index contributed by atoms with van der Waals surface area (Å²) in [5.41, 5.74) is 1.40. The van der Waals surface area contributed by atoms with Crippen molar-refractivity contribution in [2.45, 2.75) is 6.54 Å². The molecule has 23 heavy (non-hydrogen) atoms. The lowest BCUT2D eigenvalue weighted by atomic mass is 10.2. The van der Waals surface area contributed by atoms with Crippen LogP contribution in [-0.2, 0) is 6.54 Å². The van der Waals surface area contributed by atoms with E-state index in [0.717, 1.165) is 17.1 Å². The Hall–Kier alpha value is -2.34. The highest BCUT2D eigenvalue weighted by atomic mass is 32.1. The van der Waals surface area contributed by atoms with E-state index in [1.165, 1.54) is 6.07 Å².